The number of primary amides is 1. The molecule has 0 spiro atoms. The first-order chi connectivity index (χ1) is 9.78. The zero-order valence-corrected chi connectivity index (χ0v) is 12.7. The lowest BCUT2D eigenvalue weighted by molar-refractivity contribution is 0.0498. The highest BCUT2D eigenvalue weighted by atomic mass is 16.6. The molecule has 0 heterocycles. The SMILES string of the molecule is CC(C)(C)OC(=O)N[C@@H]1CCCc2c(C(N)=O)cccc21. The van der Waals surface area contributed by atoms with Crippen molar-refractivity contribution in [2.24, 2.45) is 5.73 Å². The number of rotatable bonds is 2. The summed E-state index contributed by atoms with van der Waals surface area (Å²) in [5.41, 5.74) is 7.33. The molecule has 5 heteroatoms. The van der Waals surface area contributed by atoms with Crippen molar-refractivity contribution in [1.29, 1.82) is 0 Å². The summed E-state index contributed by atoms with van der Waals surface area (Å²) < 4.78 is 5.29. The fourth-order valence-electron chi connectivity index (χ4n) is 2.68. The van der Waals surface area contributed by atoms with Gasteiger partial charge in [-0.2, -0.15) is 0 Å². The van der Waals surface area contributed by atoms with Crippen molar-refractivity contribution in [3.05, 3.63) is 34.9 Å². The Morgan fingerprint density at radius 2 is 2.05 bits per heavy atom. The van der Waals surface area contributed by atoms with Gasteiger partial charge in [0, 0.05) is 5.56 Å². The van der Waals surface area contributed by atoms with E-state index in [1.165, 1.54) is 0 Å². The summed E-state index contributed by atoms with van der Waals surface area (Å²) in [6, 6.07) is 5.33. The molecular weight excluding hydrogens is 268 g/mol. The van der Waals surface area contributed by atoms with Gasteiger partial charge < -0.3 is 15.8 Å². The van der Waals surface area contributed by atoms with E-state index in [4.69, 9.17) is 10.5 Å². The standard InChI is InChI=1S/C16H22N2O3/c1-16(2,3)21-15(20)18-13-9-5-6-10-11(13)7-4-8-12(10)14(17)19/h4,7-8,13H,5-6,9H2,1-3H3,(H2,17,19)(H,18,20)/t13-/m1/s1. The molecule has 21 heavy (non-hydrogen) atoms. The summed E-state index contributed by atoms with van der Waals surface area (Å²) >= 11 is 0. The van der Waals surface area contributed by atoms with Crippen LogP contribution in [0.2, 0.25) is 0 Å². The highest BCUT2D eigenvalue weighted by Gasteiger charge is 2.26. The molecule has 1 aromatic carbocycles. The maximum Gasteiger partial charge on any atom is 0.408 e. The lowest BCUT2D eigenvalue weighted by Gasteiger charge is -2.29. The minimum atomic E-state index is -0.531. The molecule has 0 aromatic heterocycles. The first-order valence-electron chi connectivity index (χ1n) is 7.19. The van der Waals surface area contributed by atoms with Crippen LogP contribution >= 0.6 is 0 Å². The molecule has 1 aliphatic rings. The second-order valence-electron chi connectivity index (χ2n) is 6.33. The van der Waals surface area contributed by atoms with Gasteiger partial charge in [0.15, 0.2) is 0 Å². The first kappa shape index (κ1) is 15.4. The van der Waals surface area contributed by atoms with Crippen LogP contribution in [0.5, 0.6) is 0 Å². The zero-order chi connectivity index (χ0) is 15.6. The fraction of sp³-hybridized carbons (Fsp3) is 0.500. The van der Waals surface area contributed by atoms with Crippen LogP contribution in [-0.4, -0.2) is 17.6 Å². The minimum absolute atomic E-state index is 0.136. The lowest BCUT2D eigenvalue weighted by atomic mass is 9.84. The van der Waals surface area contributed by atoms with Crippen LogP contribution in [0.1, 0.15) is 61.1 Å². The zero-order valence-electron chi connectivity index (χ0n) is 12.7. The van der Waals surface area contributed by atoms with Crippen LogP contribution in [-0.2, 0) is 11.2 Å². The minimum Gasteiger partial charge on any atom is -0.444 e. The molecule has 0 saturated heterocycles. The summed E-state index contributed by atoms with van der Waals surface area (Å²) in [5.74, 6) is -0.426. The molecular formula is C16H22N2O3. The highest BCUT2D eigenvalue weighted by molar-refractivity contribution is 5.94. The molecule has 2 rings (SSSR count). The van der Waals surface area contributed by atoms with Crippen LogP contribution < -0.4 is 11.1 Å². The highest BCUT2D eigenvalue weighted by Crippen LogP contribution is 2.32. The van der Waals surface area contributed by atoms with E-state index < -0.39 is 17.6 Å². The Morgan fingerprint density at radius 1 is 1.33 bits per heavy atom. The number of fused-ring (bicyclic) bond motifs is 1. The van der Waals surface area contributed by atoms with Gasteiger partial charge >= 0.3 is 6.09 Å². The molecule has 0 saturated carbocycles. The average molecular weight is 290 g/mol. The third-order valence-electron chi connectivity index (χ3n) is 3.46. The Labute approximate surface area is 124 Å². The number of alkyl carbamates (subject to hydrolysis) is 1. The van der Waals surface area contributed by atoms with Crippen molar-refractivity contribution in [1.82, 2.24) is 5.32 Å². The number of amides is 2. The molecule has 0 bridgehead atoms. The van der Waals surface area contributed by atoms with E-state index in [9.17, 15) is 9.59 Å². The topological polar surface area (TPSA) is 81.4 Å². The molecule has 2 amide bonds. The molecule has 114 valence electrons. The quantitative estimate of drug-likeness (QED) is 0.878. The molecule has 3 N–H and O–H groups in total. The van der Waals surface area contributed by atoms with Gasteiger partial charge in [-0.1, -0.05) is 12.1 Å². The van der Waals surface area contributed by atoms with Gasteiger partial charge in [-0.05, 0) is 57.2 Å². The maximum absolute atomic E-state index is 11.9. The van der Waals surface area contributed by atoms with Gasteiger partial charge in [0.2, 0.25) is 5.91 Å². The number of nitrogens with one attached hydrogen (secondary N) is 1. The van der Waals surface area contributed by atoms with Crippen LogP contribution in [0.4, 0.5) is 4.79 Å². The Balaban J connectivity index is 2.21. The second-order valence-corrected chi connectivity index (χ2v) is 6.33. The molecule has 0 fully saturated rings. The second kappa shape index (κ2) is 5.76. The van der Waals surface area contributed by atoms with Gasteiger partial charge in [-0.3, -0.25) is 4.79 Å². The Bertz CT molecular complexity index is 561. The predicted octanol–water partition coefficient (Wildman–Crippen LogP) is 2.69. The molecule has 1 aromatic rings. The van der Waals surface area contributed by atoms with Crippen molar-refractivity contribution in [2.75, 3.05) is 0 Å². The summed E-state index contributed by atoms with van der Waals surface area (Å²) in [6.07, 6.45) is 2.09. The number of carbonyl (C=O) groups excluding carboxylic acids is 2. The van der Waals surface area contributed by atoms with Crippen LogP contribution in [0.15, 0.2) is 18.2 Å². The Morgan fingerprint density at radius 3 is 2.67 bits per heavy atom. The van der Waals surface area contributed by atoms with Gasteiger partial charge in [0.05, 0.1) is 6.04 Å². The molecule has 0 aliphatic heterocycles. The predicted molar refractivity (Wildman–Crippen MR) is 80.0 cm³/mol. The normalized spacial score (nSPS) is 17.8. The van der Waals surface area contributed by atoms with Crippen molar-refractivity contribution < 1.29 is 14.3 Å². The fourth-order valence-corrected chi connectivity index (χ4v) is 2.68. The summed E-state index contributed by atoms with van der Waals surface area (Å²) in [4.78, 5) is 23.4. The molecule has 0 radical (unpaired) electrons. The van der Waals surface area contributed by atoms with Crippen molar-refractivity contribution in [3.63, 3.8) is 0 Å². The molecule has 1 aliphatic carbocycles. The molecule has 1 atom stereocenters. The van der Waals surface area contributed by atoms with Crippen LogP contribution in [0.3, 0.4) is 0 Å². The third kappa shape index (κ3) is 3.74. The number of benzene rings is 1. The van der Waals surface area contributed by atoms with Gasteiger partial charge in [-0.25, -0.2) is 4.79 Å². The smallest absolute Gasteiger partial charge is 0.408 e. The Kier molecular flexibility index (Phi) is 4.21. The van der Waals surface area contributed by atoms with Crippen LogP contribution in [0, 0.1) is 0 Å². The number of nitrogens with two attached hydrogens (primary N) is 1. The van der Waals surface area contributed by atoms with E-state index in [1.54, 1.807) is 12.1 Å². The maximum atomic E-state index is 11.9. The van der Waals surface area contributed by atoms with Gasteiger partial charge in [-0.15, -0.1) is 0 Å². The lowest BCUT2D eigenvalue weighted by Crippen LogP contribution is -2.36. The number of ether oxygens (including phenoxy) is 1. The largest absolute Gasteiger partial charge is 0.444 e. The van der Waals surface area contributed by atoms with Crippen molar-refractivity contribution >= 4 is 12.0 Å². The average Bonchev–Trinajstić information content (AvgIpc) is 2.36. The monoisotopic (exact) mass is 290 g/mol. The number of hydrogen-bond donors (Lipinski definition) is 2. The molecule has 0 unspecified atom stereocenters. The summed E-state index contributed by atoms with van der Waals surface area (Å²) in [5, 5.41) is 2.88. The number of hydrogen-bond acceptors (Lipinski definition) is 3. The third-order valence-corrected chi connectivity index (χ3v) is 3.46. The Hall–Kier alpha value is -2.04. The molecule has 5 nitrogen and oxygen atoms in total. The van der Waals surface area contributed by atoms with E-state index in [1.807, 2.05) is 26.8 Å². The number of carbonyl (C=O) groups is 2. The van der Waals surface area contributed by atoms with E-state index in [-0.39, 0.29) is 6.04 Å². The van der Waals surface area contributed by atoms with Crippen LogP contribution in [0.25, 0.3) is 0 Å². The van der Waals surface area contributed by atoms with E-state index >= 15 is 0 Å². The van der Waals surface area contributed by atoms with E-state index in [2.05, 4.69) is 5.32 Å². The van der Waals surface area contributed by atoms with Gasteiger partial charge in [0.25, 0.3) is 0 Å². The van der Waals surface area contributed by atoms with E-state index in [0.717, 1.165) is 30.4 Å². The van der Waals surface area contributed by atoms with E-state index in [0.29, 0.717) is 5.56 Å². The van der Waals surface area contributed by atoms with Crippen molar-refractivity contribution in [3.8, 4) is 0 Å². The van der Waals surface area contributed by atoms with Crippen molar-refractivity contribution in [2.45, 2.75) is 51.7 Å². The first-order valence-corrected chi connectivity index (χ1v) is 7.19. The van der Waals surface area contributed by atoms with Gasteiger partial charge in [0.1, 0.15) is 5.60 Å². The summed E-state index contributed by atoms with van der Waals surface area (Å²) in [7, 11) is 0. The summed E-state index contributed by atoms with van der Waals surface area (Å²) in [6.45, 7) is 5.48.